The number of sulfone groups is 1. The SMILES string of the molecule is CC1CCC(Cl)C(CCS(=O)(=O)C(C)C)C1. The number of halogens is 1. The quantitative estimate of drug-likeness (QED) is 0.732. The van der Waals surface area contributed by atoms with E-state index >= 15 is 0 Å². The number of alkyl halides is 1. The van der Waals surface area contributed by atoms with Crippen molar-refractivity contribution in [1.29, 1.82) is 0 Å². The summed E-state index contributed by atoms with van der Waals surface area (Å²) in [6.45, 7) is 5.72. The second kappa shape index (κ2) is 5.72. The van der Waals surface area contributed by atoms with E-state index < -0.39 is 9.84 Å². The van der Waals surface area contributed by atoms with Gasteiger partial charge in [0.25, 0.3) is 0 Å². The van der Waals surface area contributed by atoms with Gasteiger partial charge in [-0.25, -0.2) is 8.42 Å². The molecule has 16 heavy (non-hydrogen) atoms. The first-order valence-electron chi connectivity index (χ1n) is 6.18. The fourth-order valence-electron chi connectivity index (χ4n) is 2.31. The van der Waals surface area contributed by atoms with E-state index in [1.165, 1.54) is 6.42 Å². The van der Waals surface area contributed by atoms with Gasteiger partial charge in [-0.05, 0) is 51.4 Å². The van der Waals surface area contributed by atoms with Crippen LogP contribution in [0.1, 0.15) is 46.5 Å². The average molecular weight is 267 g/mol. The minimum atomic E-state index is -2.90. The third-order valence-electron chi connectivity index (χ3n) is 3.64. The van der Waals surface area contributed by atoms with Crippen LogP contribution in [-0.2, 0) is 9.84 Å². The van der Waals surface area contributed by atoms with Crippen LogP contribution in [0.15, 0.2) is 0 Å². The Morgan fingerprint density at radius 1 is 1.31 bits per heavy atom. The Hall–Kier alpha value is 0.240. The summed E-state index contributed by atoms with van der Waals surface area (Å²) in [5, 5.41) is -0.0825. The molecule has 96 valence electrons. The Morgan fingerprint density at radius 2 is 1.94 bits per heavy atom. The van der Waals surface area contributed by atoms with Crippen molar-refractivity contribution in [3.8, 4) is 0 Å². The van der Waals surface area contributed by atoms with Crippen LogP contribution in [0.25, 0.3) is 0 Å². The van der Waals surface area contributed by atoms with Crippen molar-refractivity contribution in [1.82, 2.24) is 0 Å². The molecule has 3 unspecified atom stereocenters. The van der Waals surface area contributed by atoms with Crippen LogP contribution in [-0.4, -0.2) is 24.8 Å². The molecule has 0 heterocycles. The van der Waals surface area contributed by atoms with E-state index in [9.17, 15) is 8.42 Å². The Morgan fingerprint density at radius 3 is 2.50 bits per heavy atom. The lowest BCUT2D eigenvalue weighted by atomic mass is 9.81. The fraction of sp³-hybridized carbons (Fsp3) is 1.00. The maximum Gasteiger partial charge on any atom is 0.152 e. The lowest BCUT2D eigenvalue weighted by Crippen LogP contribution is -2.28. The van der Waals surface area contributed by atoms with Gasteiger partial charge < -0.3 is 0 Å². The van der Waals surface area contributed by atoms with Crippen LogP contribution in [0, 0.1) is 11.8 Å². The molecule has 2 nitrogen and oxygen atoms in total. The number of rotatable bonds is 4. The highest BCUT2D eigenvalue weighted by molar-refractivity contribution is 7.91. The molecule has 0 aromatic heterocycles. The van der Waals surface area contributed by atoms with Gasteiger partial charge in [0, 0.05) is 5.38 Å². The molecule has 0 aromatic carbocycles. The van der Waals surface area contributed by atoms with Crippen LogP contribution in [0.4, 0.5) is 0 Å². The topological polar surface area (TPSA) is 34.1 Å². The summed E-state index contributed by atoms with van der Waals surface area (Å²) in [6.07, 6.45) is 4.04. The molecule has 3 atom stereocenters. The third kappa shape index (κ3) is 3.92. The normalized spacial score (nSPS) is 31.9. The van der Waals surface area contributed by atoms with Gasteiger partial charge in [0.15, 0.2) is 9.84 Å². The third-order valence-corrected chi connectivity index (χ3v) is 6.46. The lowest BCUT2D eigenvalue weighted by Gasteiger charge is -2.31. The first-order chi connectivity index (χ1) is 7.33. The van der Waals surface area contributed by atoms with Crippen LogP contribution < -0.4 is 0 Å². The summed E-state index contributed by atoms with van der Waals surface area (Å²) >= 11 is 6.26. The standard InChI is InChI=1S/C12H23ClO2S/c1-9(2)16(14,15)7-6-11-8-10(3)4-5-12(11)13/h9-12H,4-8H2,1-3H3. The highest BCUT2D eigenvalue weighted by Crippen LogP contribution is 2.34. The monoisotopic (exact) mass is 266 g/mol. The number of hydrogen-bond donors (Lipinski definition) is 0. The van der Waals surface area contributed by atoms with Gasteiger partial charge >= 0.3 is 0 Å². The molecule has 4 heteroatoms. The van der Waals surface area contributed by atoms with Crippen LogP contribution in [0.3, 0.4) is 0 Å². The number of hydrogen-bond acceptors (Lipinski definition) is 2. The van der Waals surface area contributed by atoms with Crippen LogP contribution in [0.2, 0.25) is 0 Å². The van der Waals surface area contributed by atoms with E-state index in [1.807, 2.05) is 0 Å². The maximum absolute atomic E-state index is 11.7. The van der Waals surface area contributed by atoms with E-state index in [0.717, 1.165) is 19.3 Å². The van der Waals surface area contributed by atoms with Gasteiger partial charge in [-0.15, -0.1) is 11.6 Å². The van der Waals surface area contributed by atoms with E-state index in [1.54, 1.807) is 13.8 Å². The Labute approximate surface area is 105 Å². The molecule has 0 radical (unpaired) electrons. The highest BCUT2D eigenvalue weighted by Gasteiger charge is 2.28. The van der Waals surface area contributed by atoms with Gasteiger partial charge in [0.1, 0.15) is 0 Å². The van der Waals surface area contributed by atoms with Crippen molar-refractivity contribution in [2.75, 3.05) is 5.75 Å². The van der Waals surface area contributed by atoms with Crippen molar-refractivity contribution in [2.24, 2.45) is 11.8 Å². The van der Waals surface area contributed by atoms with Gasteiger partial charge in [0.05, 0.1) is 11.0 Å². The minimum Gasteiger partial charge on any atom is -0.229 e. The Kier molecular flexibility index (Phi) is 5.11. The van der Waals surface area contributed by atoms with E-state index in [4.69, 9.17) is 11.6 Å². The summed E-state index contributed by atoms with van der Waals surface area (Å²) in [5.74, 6) is 1.38. The Bertz CT molecular complexity index is 311. The zero-order valence-corrected chi connectivity index (χ0v) is 12.0. The average Bonchev–Trinajstić information content (AvgIpc) is 2.19. The van der Waals surface area contributed by atoms with E-state index in [2.05, 4.69) is 6.92 Å². The molecular formula is C12H23ClO2S. The van der Waals surface area contributed by atoms with Crippen molar-refractivity contribution in [2.45, 2.75) is 57.1 Å². The first-order valence-corrected chi connectivity index (χ1v) is 8.33. The smallest absolute Gasteiger partial charge is 0.152 e. The minimum absolute atomic E-state index is 0.179. The summed E-state index contributed by atoms with van der Waals surface area (Å²) in [4.78, 5) is 0. The molecule has 1 aliphatic carbocycles. The molecular weight excluding hydrogens is 244 g/mol. The van der Waals surface area contributed by atoms with E-state index in [0.29, 0.717) is 17.6 Å². The van der Waals surface area contributed by atoms with Crippen LogP contribution >= 0.6 is 11.6 Å². The predicted molar refractivity (Wildman–Crippen MR) is 69.7 cm³/mol. The van der Waals surface area contributed by atoms with Crippen molar-refractivity contribution in [3.05, 3.63) is 0 Å². The fourth-order valence-corrected chi connectivity index (χ4v) is 3.77. The molecule has 1 rings (SSSR count). The molecule has 1 saturated carbocycles. The van der Waals surface area contributed by atoms with Gasteiger partial charge in [-0.1, -0.05) is 6.92 Å². The molecule has 0 aromatic rings. The lowest BCUT2D eigenvalue weighted by molar-refractivity contribution is 0.282. The Balaban J connectivity index is 2.48. The highest BCUT2D eigenvalue weighted by atomic mass is 35.5. The van der Waals surface area contributed by atoms with Crippen LogP contribution in [0.5, 0.6) is 0 Å². The summed E-state index contributed by atoms with van der Waals surface area (Å²) < 4.78 is 23.4. The van der Waals surface area contributed by atoms with E-state index in [-0.39, 0.29) is 10.6 Å². The van der Waals surface area contributed by atoms with Gasteiger partial charge in [-0.2, -0.15) is 0 Å². The van der Waals surface area contributed by atoms with Crippen molar-refractivity contribution in [3.63, 3.8) is 0 Å². The molecule has 0 N–H and O–H groups in total. The molecule has 0 saturated heterocycles. The zero-order valence-electron chi connectivity index (χ0n) is 10.4. The van der Waals surface area contributed by atoms with Crippen molar-refractivity contribution >= 4 is 21.4 Å². The molecule has 0 bridgehead atoms. The largest absolute Gasteiger partial charge is 0.229 e. The first kappa shape index (κ1) is 14.3. The van der Waals surface area contributed by atoms with Gasteiger partial charge in [-0.3, -0.25) is 0 Å². The molecule has 1 aliphatic rings. The zero-order chi connectivity index (χ0) is 12.3. The summed E-state index contributed by atoms with van der Waals surface area (Å²) in [6, 6.07) is 0. The molecule has 0 spiro atoms. The predicted octanol–water partition coefficient (Wildman–Crippen LogP) is 3.24. The summed E-state index contributed by atoms with van der Waals surface area (Å²) in [5.41, 5.74) is 0. The summed E-state index contributed by atoms with van der Waals surface area (Å²) in [7, 11) is -2.90. The molecule has 1 fully saturated rings. The van der Waals surface area contributed by atoms with Gasteiger partial charge in [0.2, 0.25) is 0 Å². The second-order valence-corrected chi connectivity index (χ2v) is 8.64. The molecule has 0 amide bonds. The second-order valence-electron chi connectivity index (χ2n) is 5.40. The maximum atomic E-state index is 11.7. The molecule has 0 aliphatic heterocycles. The van der Waals surface area contributed by atoms with Crippen molar-refractivity contribution < 1.29 is 8.42 Å².